The highest BCUT2D eigenvalue weighted by Gasteiger charge is 2.30. The van der Waals surface area contributed by atoms with Crippen molar-refractivity contribution in [3.8, 4) is 11.3 Å². The van der Waals surface area contributed by atoms with E-state index in [1.165, 1.54) is 17.4 Å². The van der Waals surface area contributed by atoms with Gasteiger partial charge in [0.1, 0.15) is 17.6 Å². The van der Waals surface area contributed by atoms with E-state index < -0.39 is 29.7 Å². The van der Waals surface area contributed by atoms with Crippen LogP contribution < -0.4 is 10.6 Å². The van der Waals surface area contributed by atoms with Crippen molar-refractivity contribution in [3.05, 3.63) is 64.5 Å². The first-order chi connectivity index (χ1) is 13.7. The maximum absolute atomic E-state index is 12.7. The van der Waals surface area contributed by atoms with Crippen molar-refractivity contribution < 1.29 is 32.3 Å². The topological polar surface area (TPSA) is 91.6 Å². The Bertz CT molecular complexity index is 999. The zero-order valence-electron chi connectivity index (χ0n) is 14.7. The van der Waals surface area contributed by atoms with Crippen LogP contribution in [0.15, 0.2) is 57.6 Å². The molecule has 0 aliphatic heterocycles. The third-order valence-corrected chi connectivity index (χ3v) is 4.55. The Morgan fingerprint density at radius 3 is 2.62 bits per heavy atom. The molecular weight excluding hydrogens is 409 g/mol. The number of thiophene rings is 1. The monoisotopic (exact) mass is 424 g/mol. The van der Waals surface area contributed by atoms with Crippen molar-refractivity contribution in [3.63, 3.8) is 0 Å². The lowest BCUT2D eigenvalue weighted by atomic mass is 10.2. The summed E-state index contributed by atoms with van der Waals surface area (Å²) in [6.45, 7) is -0.314. The number of carbonyl (C=O) groups excluding carboxylic acids is 2. The molecule has 3 N–H and O–H groups in total. The molecule has 0 radical (unpaired) electrons. The van der Waals surface area contributed by atoms with Crippen LogP contribution in [0.5, 0.6) is 0 Å². The number of furan rings is 1. The predicted molar refractivity (Wildman–Crippen MR) is 100 cm³/mol. The van der Waals surface area contributed by atoms with Gasteiger partial charge in [0.2, 0.25) is 0 Å². The van der Waals surface area contributed by atoms with Crippen molar-refractivity contribution in [2.45, 2.75) is 12.3 Å². The van der Waals surface area contributed by atoms with Crippen molar-refractivity contribution in [2.24, 2.45) is 0 Å². The number of aliphatic hydroxyl groups is 1. The summed E-state index contributed by atoms with van der Waals surface area (Å²) in [6.07, 6.45) is -5.77. The van der Waals surface area contributed by atoms with Gasteiger partial charge in [-0.2, -0.15) is 24.5 Å². The molecule has 1 atom stereocenters. The van der Waals surface area contributed by atoms with Gasteiger partial charge in [0, 0.05) is 16.6 Å². The van der Waals surface area contributed by atoms with E-state index in [1.54, 1.807) is 12.1 Å². The number of anilines is 1. The van der Waals surface area contributed by atoms with Crippen LogP contribution in [0.4, 0.5) is 18.9 Å². The van der Waals surface area contributed by atoms with E-state index in [2.05, 4.69) is 10.6 Å². The van der Waals surface area contributed by atoms with Crippen molar-refractivity contribution >= 4 is 28.8 Å². The predicted octanol–water partition coefficient (Wildman–Crippen LogP) is 3.82. The van der Waals surface area contributed by atoms with Crippen LogP contribution in [0.3, 0.4) is 0 Å². The first-order valence-corrected chi connectivity index (χ1v) is 9.25. The minimum Gasteiger partial charge on any atom is -0.458 e. The van der Waals surface area contributed by atoms with Gasteiger partial charge in [0.25, 0.3) is 0 Å². The molecule has 0 saturated heterocycles. The second-order valence-electron chi connectivity index (χ2n) is 5.97. The van der Waals surface area contributed by atoms with Gasteiger partial charge >= 0.3 is 18.0 Å². The zero-order chi connectivity index (χ0) is 21.0. The lowest BCUT2D eigenvalue weighted by Gasteiger charge is -2.11. The minimum absolute atomic E-state index is 0.174. The van der Waals surface area contributed by atoms with Gasteiger partial charge in [0.15, 0.2) is 0 Å². The van der Waals surface area contributed by atoms with E-state index in [0.29, 0.717) is 5.76 Å². The minimum atomic E-state index is -4.57. The van der Waals surface area contributed by atoms with E-state index in [4.69, 9.17) is 4.42 Å². The maximum atomic E-state index is 12.7. The molecule has 0 bridgehead atoms. The first kappa shape index (κ1) is 20.6. The van der Waals surface area contributed by atoms with Crippen LogP contribution in [0.2, 0.25) is 0 Å². The standard InChI is InChI=1S/C19H15F3N2O4S/c20-19(21,22)12-2-1-3-13(8-12)24-18(27)17(26)23-9-14(25)16-5-4-15(28-16)11-6-7-29-10-11/h1-8,10,14,25H,9H2,(H,23,26)(H,24,27)/t14-/m0/s1. The number of nitrogens with one attached hydrogen (secondary N) is 2. The van der Waals surface area contributed by atoms with Crippen LogP contribution >= 0.6 is 11.3 Å². The Balaban J connectivity index is 1.54. The molecule has 0 aliphatic rings. The molecule has 29 heavy (non-hydrogen) atoms. The van der Waals surface area contributed by atoms with Gasteiger partial charge in [-0.15, -0.1) is 0 Å². The molecule has 3 rings (SSSR count). The number of amides is 2. The van der Waals surface area contributed by atoms with E-state index in [9.17, 15) is 27.9 Å². The molecule has 0 aliphatic carbocycles. The Morgan fingerprint density at radius 1 is 1.14 bits per heavy atom. The summed E-state index contributed by atoms with van der Waals surface area (Å²) < 4.78 is 43.6. The fraction of sp³-hybridized carbons (Fsp3) is 0.158. The van der Waals surface area contributed by atoms with Crippen LogP contribution in [0.25, 0.3) is 11.3 Å². The molecule has 152 valence electrons. The third-order valence-electron chi connectivity index (χ3n) is 3.87. The second-order valence-corrected chi connectivity index (χ2v) is 6.75. The zero-order valence-corrected chi connectivity index (χ0v) is 15.5. The Morgan fingerprint density at radius 2 is 1.93 bits per heavy atom. The quantitative estimate of drug-likeness (QED) is 0.543. The lowest BCUT2D eigenvalue weighted by Crippen LogP contribution is -2.37. The molecule has 10 heteroatoms. The molecule has 2 heterocycles. The van der Waals surface area contributed by atoms with Gasteiger partial charge in [-0.05, 0) is 41.8 Å². The van der Waals surface area contributed by atoms with E-state index in [0.717, 1.165) is 23.8 Å². The molecule has 2 aromatic heterocycles. The van der Waals surface area contributed by atoms with Crippen LogP contribution in [0, 0.1) is 0 Å². The molecular formula is C19H15F3N2O4S. The Hall–Kier alpha value is -3.11. The number of carbonyl (C=O) groups is 2. The maximum Gasteiger partial charge on any atom is 0.416 e. The van der Waals surface area contributed by atoms with Crippen LogP contribution in [0.1, 0.15) is 17.4 Å². The molecule has 0 unspecified atom stereocenters. The largest absolute Gasteiger partial charge is 0.458 e. The van der Waals surface area contributed by atoms with Gasteiger partial charge in [0.05, 0.1) is 12.1 Å². The molecule has 0 saturated carbocycles. The fourth-order valence-electron chi connectivity index (χ4n) is 2.42. The third kappa shape index (κ3) is 5.24. The van der Waals surface area contributed by atoms with Crippen LogP contribution in [-0.4, -0.2) is 23.5 Å². The highest BCUT2D eigenvalue weighted by atomic mass is 32.1. The summed E-state index contributed by atoms with van der Waals surface area (Å²) in [5.74, 6) is -1.51. The van der Waals surface area contributed by atoms with Crippen LogP contribution in [-0.2, 0) is 15.8 Å². The summed E-state index contributed by atoms with van der Waals surface area (Å²) in [5, 5.41) is 18.2. The van der Waals surface area contributed by atoms with Crippen molar-refractivity contribution in [2.75, 3.05) is 11.9 Å². The lowest BCUT2D eigenvalue weighted by molar-refractivity contribution is -0.137. The van der Waals surface area contributed by atoms with Crippen molar-refractivity contribution in [1.82, 2.24) is 5.32 Å². The number of aliphatic hydroxyl groups excluding tert-OH is 1. The number of rotatable bonds is 5. The van der Waals surface area contributed by atoms with Gasteiger partial charge in [-0.25, -0.2) is 0 Å². The number of benzene rings is 1. The highest BCUT2D eigenvalue weighted by Crippen LogP contribution is 2.30. The summed E-state index contributed by atoms with van der Waals surface area (Å²) in [4.78, 5) is 23.7. The number of hydrogen-bond acceptors (Lipinski definition) is 5. The molecule has 2 amide bonds. The summed E-state index contributed by atoms with van der Waals surface area (Å²) >= 11 is 1.49. The number of halogens is 3. The van der Waals surface area contributed by atoms with E-state index in [1.807, 2.05) is 16.8 Å². The van der Waals surface area contributed by atoms with E-state index >= 15 is 0 Å². The molecule has 0 spiro atoms. The van der Waals surface area contributed by atoms with Gasteiger partial charge < -0.3 is 20.2 Å². The molecule has 3 aromatic rings. The second kappa shape index (κ2) is 8.50. The SMILES string of the molecule is O=C(NC[C@H](O)c1ccc(-c2ccsc2)o1)C(=O)Nc1cccc(C(F)(F)F)c1. The number of alkyl halides is 3. The summed E-state index contributed by atoms with van der Waals surface area (Å²) in [5.41, 5.74) is -0.282. The Labute approximate surface area is 167 Å². The molecule has 0 fully saturated rings. The normalized spacial score (nSPS) is 12.4. The highest BCUT2D eigenvalue weighted by molar-refractivity contribution is 7.08. The molecule has 6 nitrogen and oxygen atoms in total. The van der Waals surface area contributed by atoms with Gasteiger partial charge in [-0.1, -0.05) is 6.07 Å². The van der Waals surface area contributed by atoms with E-state index in [-0.39, 0.29) is 18.0 Å². The Kier molecular flexibility index (Phi) is 6.04. The van der Waals surface area contributed by atoms with Crippen molar-refractivity contribution in [1.29, 1.82) is 0 Å². The molecule has 1 aromatic carbocycles. The number of hydrogen-bond donors (Lipinski definition) is 3. The van der Waals surface area contributed by atoms with Gasteiger partial charge in [-0.3, -0.25) is 9.59 Å². The smallest absolute Gasteiger partial charge is 0.416 e. The summed E-state index contributed by atoms with van der Waals surface area (Å²) in [7, 11) is 0. The summed E-state index contributed by atoms with van der Waals surface area (Å²) in [6, 6.07) is 8.97. The average molecular weight is 424 g/mol. The first-order valence-electron chi connectivity index (χ1n) is 8.31. The fourth-order valence-corrected chi connectivity index (χ4v) is 3.07. The average Bonchev–Trinajstić information content (AvgIpc) is 3.36.